The number of aliphatic hydroxyl groups is 10. The Morgan fingerprint density at radius 2 is 1.31 bits per heavy atom. The summed E-state index contributed by atoms with van der Waals surface area (Å²) in [6.07, 6.45) is -26.6. The summed E-state index contributed by atoms with van der Waals surface area (Å²) < 4.78 is 104. The van der Waals surface area contributed by atoms with Crippen molar-refractivity contribution in [1.82, 2.24) is 0 Å². The largest absolute Gasteiger partial charge is 0.460 e. The third-order valence-electron chi connectivity index (χ3n) is 21.0. The molecule has 9 rings (SSSR count). The summed E-state index contributed by atoms with van der Waals surface area (Å²) >= 11 is 0. The molecular formula is C56H90O27S. The SMILES string of the molecule is CO[C@@H]1[C@@H](O)[C@H](O[C@@H]2[C@@H](O)[C@H](O[C@H]3[C@H](O)[C@@H](O)[C@H](O[C@H]4[C@H](O[C@H]5CC[C@]6(C)C7=C[C@H](O)[C@@]89C(=O)O[C@@](C)(CCCC(C)(C)OC(C)=O)[C@H]8CC[C@@]9(C)[C@@H]7CC[C@H]6C5(C)C)OC[C@@H](OS(=O)(=O)O)[C@@H]4O)O[C@@H]3C)O[C@H](CO)[C@H]2O)O[C@H](CO)[C@H]1O. The molecule has 0 aromatic carbocycles. The summed E-state index contributed by atoms with van der Waals surface area (Å²) in [6.45, 7) is 14.7. The number of cyclic esters (lactones) is 1. The van der Waals surface area contributed by atoms with Crippen LogP contribution in [0.5, 0.6) is 0 Å². The molecule has 482 valence electrons. The van der Waals surface area contributed by atoms with Gasteiger partial charge in [-0.05, 0) is 114 Å². The Morgan fingerprint density at radius 1 is 0.714 bits per heavy atom. The summed E-state index contributed by atoms with van der Waals surface area (Å²) in [7, 11) is -4.01. The number of carbonyl (C=O) groups excluding carboxylic acids is 2. The highest BCUT2D eigenvalue weighted by Gasteiger charge is 2.79. The van der Waals surface area contributed by atoms with E-state index >= 15 is 0 Å². The van der Waals surface area contributed by atoms with Crippen LogP contribution >= 0.6 is 0 Å². The van der Waals surface area contributed by atoms with Gasteiger partial charge in [0.15, 0.2) is 25.2 Å². The van der Waals surface area contributed by atoms with Crippen molar-refractivity contribution in [3.8, 4) is 0 Å². The predicted octanol–water partition coefficient (Wildman–Crippen LogP) is -0.824. The van der Waals surface area contributed by atoms with Crippen LogP contribution in [0.3, 0.4) is 0 Å². The van der Waals surface area contributed by atoms with E-state index in [0.717, 1.165) is 5.57 Å². The number of hydrogen-bond donors (Lipinski definition) is 11. The van der Waals surface area contributed by atoms with E-state index < -0.39 is 192 Å². The van der Waals surface area contributed by atoms with Gasteiger partial charge in [0.05, 0.1) is 38.1 Å². The molecule has 84 heavy (non-hydrogen) atoms. The fourth-order valence-corrected chi connectivity index (χ4v) is 17.4. The first-order valence-corrected chi connectivity index (χ1v) is 30.7. The van der Waals surface area contributed by atoms with Gasteiger partial charge >= 0.3 is 22.3 Å². The Balaban J connectivity index is 0.898. The highest BCUT2D eigenvalue weighted by atomic mass is 32.3. The van der Waals surface area contributed by atoms with Crippen LogP contribution in [-0.2, 0) is 76.3 Å². The minimum Gasteiger partial charge on any atom is -0.460 e. The van der Waals surface area contributed by atoms with Crippen molar-refractivity contribution >= 4 is 22.3 Å². The lowest BCUT2D eigenvalue weighted by atomic mass is 9.40. The molecule has 0 unspecified atom stereocenters. The van der Waals surface area contributed by atoms with Gasteiger partial charge in [-0.15, -0.1) is 0 Å². The maximum absolute atomic E-state index is 14.6. The van der Waals surface area contributed by atoms with Gasteiger partial charge in [-0.25, -0.2) is 4.18 Å². The fourth-order valence-electron chi connectivity index (χ4n) is 16.9. The molecule has 4 aliphatic carbocycles. The number of esters is 2. The van der Waals surface area contributed by atoms with Crippen LogP contribution in [0.15, 0.2) is 11.6 Å². The van der Waals surface area contributed by atoms with E-state index in [-0.39, 0.29) is 29.7 Å². The molecule has 11 N–H and O–H groups in total. The Labute approximate surface area is 489 Å². The molecule has 27 nitrogen and oxygen atoms in total. The summed E-state index contributed by atoms with van der Waals surface area (Å²) in [5.74, 6) is -1.16. The number of rotatable bonds is 18. The summed E-state index contributed by atoms with van der Waals surface area (Å²) in [6, 6.07) is 0. The van der Waals surface area contributed by atoms with Crippen LogP contribution in [-0.4, -0.2) is 243 Å². The summed E-state index contributed by atoms with van der Waals surface area (Å²) in [4.78, 5) is 26.4. The number of fused-ring (bicyclic) bond motifs is 4. The molecule has 3 saturated carbocycles. The maximum atomic E-state index is 14.6. The molecule has 0 aromatic rings. The molecule has 5 heterocycles. The van der Waals surface area contributed by atoms with Gasteiger partial charge in [0.2, 0.25) is 0 Å². The Kier molecular flexibility index (Phi) is 19.1. The van der Waals surface area contributed by atoms with Crippen molar-refractivity contribution in [3.05, 3.63) is 11.6 Å². The number of aliphatic hydroxyl groups excluding tert-OH is 10. The maximum Gasteiger partial charge on any atom is 0.397 e. The van der Waals surface area contributed by atoms with Gasteiger partial charge in [-0.2, -0.15) is 8.42 Å². The minimum absolute atomic E-state index is 0.0623. The molecule has 0 aromatic heterocycles. The number of carbonyl (C=O) groups is 2. The van der Waals surface area contributed by atoms with E-state index in [1.807, 2.05) is 26.8 Å². The molecule has 0 radical (unpaired) electrons. The lowest BCUT2D eigenvalue weighted by Crippen LogP contribution is -2.67. The van der Waals surface area contributed by atoms with Crippen molar-refractivity contribution in [1.29, 1.82) is 0 Å². The van der Waals surface area contributed by atoms with E-state index in [1.54, 1.807) is 0 Å². The van der Waals surface area contributed by atoms with Gasteiger partial charge < -0.3 is 103 Å². The van der Waals surface area contributed by atoms with Gasteiger partial charge in [0.25, 0.3) is 0 Å². The topological polar surface area (TPSA) is 402 Å². The quantitative estimate of drug-likeness (QED) is 0.0345. The molecule has 28 heteroatoms. The third kappa shape index (κ3) is 11.5. The first-order valence-electron chi connectivity index (χ1n) is 29.3. The zero-order valence-corrected chi connectivity index (χ0v) is 50.1. The second-order valence-corrected chi connectivity index (χ2v) is 27.8. The third-order valence-corrected chi connectivity index (χ3v) is 21.5. The van der Waals surface area contributed by atoms with E-state index in [4.69, 9.17) is 56.3 Å². The lowest BCUT2D eigenvalue weighted by molar-refractivity contribution is -0.389. The Morgan fingerprint density at radius 3 is 1.92 bits per heavy atom. The number of hydrogen-bond acceptors (Lipinski definition) is 26. The van der Waals surface area contributed by atoms with E-state index in [0.29, 0.717) is 57.8 Å². The number of allylic oxidation sites excluding steroid dienone is 1. The highest BCUT2D eigenvalue weighted by Crippen LogP contribution is 2.76. The first-order chi connectivity index (χ1) is 39.1. The van der Waals surface area contributed by atoms with Crippen molar-refractivity contribution in [2.75, 3.05) is 26.9 Å². The standard InChI is InChI=1S/C56H90O27S/c1-24-42(78-48-41(67)44(36(62)29(22-58)76-48)79-47-40(66)43(72-10)35(61)28(21-57)75-47)38(64)39(65)46(74-24)80-45-37(63)30(83-84(69,70)71)23-73-49(45)77-34-15-18-53(7)27-20-33(60)56-32(14-19-54(56,8)26(27)12-13-31(53)52(34,5)6)55(9,82-50(56)68)17-11-16-51(3,4)81-25(2)59/h20,24,26,28-49,57-58,60-67H,11-19,21-23H2,1-10H3,(H,69,70,71)/t24-,26-,28-,29-,30-,31+,32-,33+,34+,35-,36-,37+,38-,39-,40-,41-,42-,43+,44+,45-,46+,47+,48+,49+,53-,54+,55+,56-/m1/s1. The van der Waals surface area contributed by atoms with Crippen LogP contribution in [0, 0.1) is 39.4 Å². The molecule has 5 aliphatic heterocycles. The van der Waals surface area contributed by atoms with Gasteiger partial charge in [-0.3, -0.25) is 14.1 Å². The average Bonchev–Trinajstić information content (AvgIpc) is 1.47. The van der Waals surface area contributed by atoms with Crippen molar-refractivity contribution < 1.29 is 130 Å². The van der Waals surface area contributed by atoms with Crippen molar-refractivity contribution in [2.24, 2.45) is 39.4 Å². The molecule has 9 aliphatic rings. The van der Waals surface area contributed by atoms with E-state index in [9.17, 15) is 73.6 Å². The monoisotopic (exact) mass is 1230 g/mol. The zero-order valence-electron chi connectivity index (χ0n) is 49.3. The van der Waals surface area contributed by atoms with Crippen LogP contribution in [0.25, 0.3) is 0 Å². The van der Waals surface area contributed by atoms with Gasteiger partial charge in [-0.1, -0.05) is 39.3 Å². The highest BCUT2D eigenvalue weighted by molar-refractivity contribution is 7.80. The molecule has 28 atom stereocenters. The normalized spacial score (nSPS) is 49.4. The molecule has 8 fully saturated rings. The van der Waals surface area contributed by atoms with Crippen LogP contribution in [0.1, 0.15) is 120 Å². The molecule has 0 bridgehead atoms. The second-order valence-electron chi connectivity index (χ2n) is 26.8. The van der Waals surface area contributed by atoms with E-state index in [1.165, 1.54) is 21.0 Å². The van der Waals surface area contributed by atoms with Crippen LogP contribution in [0.2, 0.25) is 0 Å². The lowest BCUT2D eigenvalue weighted by Gasteiger charge is -2.64. The van der Waals surface area contributed by atoms with E-state index in [2.05, 4.69) is 27.7 Å². The molecule has 5 saturated heterocycles. The molecule has 1 spiro atoms. The Bertz CT molecular complexity index is 2500. The number of ether oxygens (including phenoxy) is 11. The molecule has 0 amide bonds. The van der Waals surface area contributed by atoms with Gasteiger partial charge in [0, 0.05) is 20.0 Å². The fraction of sp³-hybridized carbons (Fsp3) is 0.929. The summed E-state index contributed by atoms with van der Waals surface area (Å²) in [5, 5.41) is 112. The molecular weight excluding hydrogens is 1140 g/mol. The van der Waals surface area contributed by atoms with Crippen LogP contribution < -0.4 is 0 Å². The minimum atomic E-state index is -5.19. The number of methoxy groups -OCH3 is 1. The Hall–Kier alpha value is -2.21. The van der Waals surface area contributed by atoms with Crippen molar-refractivity contribution in [3.63, 3.8) is 0 Å². The van der Waals surface area contributed by atoms with Crippen LogP contribution in [0.4, 0.5) is 0 Å². The second kappa shape index (κ2) is 24.2. The summed E-state index contributed by atoms with van der Waals surface area (Å²) in [5.41, 5.74) is -3.45. The average molecular weight is 1230 g/mol. The predicted molar refractivity (Wildman–Crippen MR) is 283 cm³/mol. The smallest absolute Gasteiger partial charge is 0.397 e. The van der Waals surface area contributed by atoms with Crippen molar-refractivity contribution in [2.45, 2.75) is 260 Å². The zero-order chi connectivity index (χ0) is 61.8. The first kappa shape index (κ1) is 66.2. The van der Waals surface area contributed by atoms with Gasteiger partial charge in [0.1, 0.15) is 102 Å².